The second-order valence-corrected chi connectivity index (χ2v) is 4.67. The zero-order valence-corrected chi connectivity index (χ0v) is 9.52. The van der Waals surface area contributed by atoms with Gasteiger partial charge in [-0.15, -0.1) is 0 Å². The van der Waals surface area contributed by atoms with Crippen LogP contribution in [0, 0.1) is 5.92 Å². The molecule has 2 nitrogen and oxygen atoms in total. The summed E-state index contributed by atoms with van der Waals surface area (Å²) in [6, 6.07) is 2.22. The third-order valence-electron chi connectivity index (χ3n) is 2.84. The Kier molecular flexibility index (Phi) is 3.43. The van der Waals surface area contributed by atoms with Crippen LogP contribution in [0.1, 0.15) is 13.3 Å². The van der Waals surface area contributed by atoms with Crippen molar-refractivity contribution in [2.75, 3.05) is 31.1 Å². The van der Waals surface area contributed by atoms with Crippen molar-refractivity contribution < 1.29 is 0 Å². The summed E-state index contributed by atoms with van der Waals surface area (Å²) in [6.45, 7) is 6.90. The first-order valence-electron chi connectivity index (χ1n) is 5.38. The molecule has 3 heteroatoms. The van der Waals surface area contributed by atoms with Crippen LogP contribution < -0.4 is 10.2 Å². The van der Waals surface area contributed by atoms with E-state index >= 15 is 0 Å². The van der Waals surface area contributed by atoms with E-state index in [4.69, 9.17) is 0 Å². The molecule has 2 rings (SSSR count). The van der Waals surface area contributed by atoms with E-state index in [2.05, 4.69) is 34.0 Å². The molecule has 1 aliphatic rings. The number of hydrogen-bond acceptors (Lipinski definition) is 3. The summed E-state index contributed by atoms with van der Waals surface area (Å²) in [5.74, 6) is 0.842. The van der Waals surface area contributed by atoms with Crippen molar-refractivity contribution in [3.63, 3.8) is 0 Å². The van der Waals surface area contributed by atoms with E-state index in [1.54, 1.807) is 11.3 Å². The van der Waals surface area contributed by atoms with Crippen molar-refractivity contribution in [2.24, 2.45) is 5.92 Å². The number of hydrogen-bond donors (Lipinski definition) is 1. The molecule has 1 atom stereocenters. The van der Waals surface area contributed by atoms with Gasteiger partial charge in [-0.1, -0.05) is 6.92 Å². The molecule has 0 radical (unpaired) electrons. The van der Waals surface area contributed by atoms with E-state index in [-0.39, 0.29) is 0 Å². The lowest BCUT2D eigenvalue weighted by molar-refractivity contribution is 0.528. The van der Waals surface area contributed by atoms with Gasteiger partial charge in [0.1, 0.15) is 0 Å². The van der Waals surface area contributed by atoms with Gasteiger partial charge in [0.15, 0.2) is 0 Å². The maximum atomic E-state index is 3.43. The molecule has 0 saturated carbocycles. The summed E-state index contributed by atoms with van der Waals surface area (Å²) >= 11 is 1.79. The minimum atomic E-state index is 0.842. The Labute approximate surface area is 89.9 Å². The van der Waals surface area contributed by atoms with Gasteiger partial charge in [-0.25, -0.2) is 0 Å². The van der Waals surface area contributed by atoms with E-state index in [0.717, 1.165) is 12.5 Å². The van der Waals surface area contributed by atoms with E-state index in [1.807, 2.05) is 0 Å². The van der Waals surface area contributed by atoms with Gasteiger partial charge in [0.05, 0.1) is 0 Å². The van der Waals surface area contributed by atoms with Crippen LogP contribution in [0.3, 0.4) is 0 Å². The lowest BCUT2D eigenvalue weighted by Crippen LogP contribution is -2.25. The van der Waals surface area contributed by atoms with E-state index in [1.165, 1.54) is 31.7 Å². The number of rotatable bonds is 4. The van der Waals surface area contributed by atoms with Gasteiger partial charge in [0, 0.05) is 24.2 Å². The molecular formula is C11H18N2S. The molecule has 14 heavy (non-hydrogen) atoms. The average molecular weight is 210 g/mol. The van der Waals surface area contributed by atoms with Crippen LogP contribution >= 0.6 is 11.3 Å². The summed E-state index contributed by atoms with van der Waals surface area (Å²) in [6.07, 6.45) is 1.34. The molecule has 1 aliphatic heterocycles. The van der Waals surface area contributed by atoms with Gasteiger partial charge in [-0.3, -0.25) is 0 Å². The Morgan fingerprint density at radius 1 is 1.64 bits per heavy atom. The summed E-state index contributed by atoms with van der Waals surface area (Å²) in [5, 5.41) is 7.84. The molecule has 2 heterocycles. The van der Waals surface area contributed by atoms with Gasteiger partial charge in [0.2, 0.25) is 0 Å². The highest BCUT2D eigenvalue weighted by Crippen LogP contribution is 2.25. The van der Waals surface area contributed by atoms with Crippen LogP contribution in [0.15, 0.2) is 16.8 Å². The lowest BCUT2D eigenvalue weighted by atomic mass is 10.1. The average Bonchev–Trinajstić information content (AvgIpc) is 2.85. The molecule has 0 spiro atoms. The first-order valence-corrected chi connectivity index (χ1v) is 6.32. The number of nitrogens with one attached hydrogen (secondary N) is 1. The molecule has 1 fully saturated rings. The van der Waals surface area contributed by atoms with Crippen molar-refractivity contribution in [3.8, 4) is 0 Å². The third kappa shape index (κ3) is 2.28. The van der Waals surface area contributed by atoms with Crippen molar-refractivity contribution >= 4 is 17.0 Å². The highest BCUT2D eigenvalue weighted by molar-refractivity contribution is 7.08. The van der Waals surface area contributed by atoms with Gasteiger partial charge in [0.25, 0.3) is 0 Å². The van der Waals surface area contributed by atoms with Crippen LogP contribution in [-0.2, 0) is 0 Å². The highest BCUT2D eigenvalue weighted by Gasteiger charge is 2.21. The maximum absolute atomic E-state index is 3.43. The molecule has 0 amide bonds. The quantitative estimate of drug-likeness (QED) is 0.819. The minimum Gasteiger partial charge on any atom is -0.371 e. The topological polar surface area (TPSA) is 15.3 Å². The fourth-order valence-corrected chi connectivity index (χ4v) is 2.68. The van der Waals surface area contributed by atoms with Crippen molar-refractivity contribution in [1.82, 2.24) is 5.32 Å². The minimum absolute atomic E-state index is 0.842. The Morgan fingerprint density at radius 3 is 3.29 bits per heavy atom. The molecule has 78 valence electrons. The van der Waals surface area contributed by atoms with Crippen LogP contribution in [0.2, 0.25) is 0 Å². The molecule has 0 aromatic carbocycles. The largest absolute Gasteiger partial charge is 0.371 e. The first kappa shape index (κ1) is 9.99. The third-order valence-corrected chi connectivity index (χ3v) is 3.51. The molecule has 1 saturated heterocycles. The number of thiophene rings is 1. The Bertz CT molecular complexity index is 258. The van der Waals surface area contributed by atoms with Gasteiger partial charge >= 0.3 is 0 Å². The van der Waals surface area contributed by atoms with Crippen LogP contribution in [-0.4, -0.2) is 26.2 Å². The van der Waals surface area contributed by atoms with E-state index in [9.17, 15) is 0 Å². The van der Waals surface area contributed by atoms with Crippen LogP contribution in [0.5, 0.6) is 0 Å². The van der Waals surface area contributed by atoms with Crippen molar-refractivity contribution in [2.45, 2.75) is 13.3 Å². The second kappa shape index (κ2) is 4.80. The maximum Gasteiger partial charge on any atom is 0.0474 e. The fourth-order valence-electron chi connectivity index (χ4n) is 2.02. The zero-order valence-electron chi connectivity index (χ0n) is 8.70. The second-order valence-electron chi connectivity index (χ2n) is 3.89. The van der Waals surface area contributed by atoms with Gasteiger partial charge < -0.3 is 10.2 Å². The van der Waals surface area contributed by atoms with Gasteiger partial charge in [-0.05, 0) is 36.9 Å². The van der Waals surface area contributed by atoms with Crippen LogP contribution in [0.25, 0.3) is 0 Å². The summed E-state index contributed by atoms with van der Waals surface area (Å²) < 4.78 is 0. The summed E-state index contributed by atoms with van der Waals surface area (Å²) in [5.41, 5.74) is 1.41. The fraction of sp³-hybridized carbons (Fsp3) is 0.636. The molecule has 1 unspecified atom stereocenters. The molecule has 0 aliphatic carbocycles. The molecular weight excluding hydrogens is 192 g/mol. The smallest absolute Gasteiger partial charge is 0.0474 e. The Hall–Kier alpha value is -0.540. The van der Waals surface area contributed by atoms with Crippen LogP contribution in [0.4, 0.5) is 5.69 Å². The summed E-state index contributed by atoms with van der Waals surface area (Å²) in [7, 11) is 0. The summed E-state index contributed by atoms with van der Waals surface area (Å²) in [4.78, 5) is 2.50. The molecule has 1 aromatic heterocycles. The SMILES string of the molecule is CCNCC1CCN(c2ccsc2)C1. The monoisotopic (exact) mass is 210 g/mol. The predicted octanol–water partition coefficient (Wildman–Crippen LogP) is 2.18. The number of anilines is 1. The van der Waals surface area contributed by atoms with E-state index < -0.39 is 0 Å². The van der Waals surface area contributed by atoms with Crippen molar-refractivity contribution in [3.05, 3.63) is 16.8 Å². The molecule has 1 aromatic rings. The zero-order chi connectivity index (χ0) is 9.80. The predicted molar refractivity (Wildman–Crippen MR) is 63.2 cm³/mol. The molecule has 1 N–H and O–H groups in total. The first-order chi connectivity index (χ1) is 6.90. The van der Waals surface area contributed by atoms with Gasteiger partial charge in [-0.2, -0.15) is 11.3 Å². The Morgan fingerprint density at radius 2 is 2.57 bits per heavy atom. The highest BCUT2D eigenvalue weighted by atomic mass is 32.1. The Balaban J connectivity index is 1.83. The normalized spacial score (nSPS) is 21.8. The molecule has 0 bridgehead atoms. The number of nitrogens with zero attached hydrogens (tertiary/aromatic N) is 1. The van der Waals surface area contributed by atoms with Crippen molar-refractivity contribution in [1.29, 1.82) is 0 Å². The van der Waals surface area contributed by atoms with E-state index in [0.29, 0.717) is 0 Å². The standard InChI is InChI=1S/C11H18N2S/c1-2-12-7-10-3-5-13(8-10)11-4-6-14-9-11/h4,6,9-10,12H,2-3,5,7-8H2,1H3. The lowest BCUT2D eigenvalue weighted by Gasteiger charge is -2.16.